The van der Waals surface area contributed by atoms with Gasteiger partial charge in [-0.3, -0.25) is 0 Å². The zero-order chi connectivity index (χ0) is 6.27. The highest BCUT2D eigenvalue weighted by Crippen LogP contribution is 2.28. The summed E-state index contributed by atoms with van der Waals surface area (Å²) in [5.74, 6) is 0.573. The van der Waals surface area contributed by atoms with Crippen LogP contribution >= 0.6 is 0 Å². The Morgan fingerprint density at radius 1 is 1.33 bits per heavy atom. The summed E-state index contributed by atoms with van der Waals surface area (Å²) in [6.07, 6.45) is 3.40. The number of nitrogens with one attached hydrogen (secondary N) is 1. The number of rotatable bonds is 0. The fourth-order valence-electron chi connectivity index (χ4n) is 1.97. The van der Waals surface area contributed by atoms with Crippen LogP contribution in [0.25, 0.3) is 0 Å². The molecule has 0 aromatic heterocycles. The molecule has 9 heavy (non-hydrogen) atoms. The van der Waals surface area contributed by atoms with E-state index in [0.29, 0.717) is 5.92 Å². The van der Waals surface area contributed by atoms with Gasteiger partial charge in [-0.05, 0) is 25.2 Å². The van der Waals surface area contributed by atoms with E-state index >= 15 is 0 Å². The van der Waals surface area contributed by atoms with E-state index in [1.165, 1.54) is 12.8 Å². The molecule has 2 rings (SSSR count). The van der Waals surface area contributed by atoms with Gasteiger partial charge in [-0.15, -0.1) is 0 Å². The second-order valence-corrected chi connectivity index (χ2v) is 3.25. The van der Waals surface area contributed by atoms with E-state index in [9.17, 15) is 5.11 Å². The molecule has 2 nitrogen and oxygen atoms in total. The molecule has 0 aromatic carbocycles. The molecule has 1 saturated heterocycles. The second kappa shape index (κ2) is 1.96. The van der Waals surface area contributed by atoms with Crippen molar-refractivity contribution < 1.29 is 5.11 Å². The SMILES string of the molecule is O[C@@H]1CC[C@@H]2C[C@@H]1CN2. The molecular weight excluding hydrogens is 114 g/mol. The minimum absolute atomic E-state index is 0.00347. The van der Waals surface area contributed by atoms with Crippen molar-refractivity contribution >= 4 is 0 Å². The molecule has 2 bridgehead atoms. The van der Waals surface area contributed by atoms with E-state index in [4.69, 9.17) is 0 Å². The first-order chi connectivity index (χ1) is 4.36. The van der Waals surface area contributed by atoms with Crippen molar-refractivity contribution in [2.45, 2.75) is 31.4 Å². The molecule has 0 spiro atoms. The van der Waals surface area contributed by atoms with Crippen molar-refractivity contribution in [3.8, 4) is 0 Å². The predicted molar refractivity (Wildman–Crippen MR) is 35.1 cm³/mol. The lowest BCUT2D eigenvalue weighted by molar-refractivity contribution is 0.0896. The summed E-state index contributed by atoms with van der Waals surface area (Å²) < 4.78 is 0. The average molecular weight is 127 g/mol. The summed E-state index contributed by atoms with van der Waals surface area (Å²) in [6, 6.07) is 0.735. The first-order valence-electron chi connectivity index (χ1n) is 3.78. The Kier molecular flexibility index (Phi) is 1.24. The molecule has 2 fully saturated rings. The van der Waals surface area contributed by atoms with Crippen molar-refractivity contribution in [2.24, 2.45) is 5.92 Å². The van der Waals surface area contributed by atoms with Crippen LogP contribution in [0.2, 0.25) is 0 Å². The van der Waals surface area contributed by atoms with Gasteiger partial charge in [-0.2, -0.15) is 0 Å². The molecule has 0 radical (unpaired) electrons. The van der Waals surface area contributed by atoms with E-state index in [2.05, 4.69) is 5.32 Å². The standard InChI is InChI=1S/C7H13NO/c9-7-2-1-6-3-5(7)4-8-6/h5-9H,1-4H2/t5-,6-,7-/m1/s1. The number of hydrogen-bond acceptors (Lipinski definition) is 2. The molecule has 1 heterocycles. The Bertz CT molecular complexity index is 115. The molecule has 52 valence electrons. The molecule has 2 heteroatoms. The number of aliphatic hydroxyl groups is 1. The van der Waals surface area contributed by atoms with Gasteiger partial charge in [0.25, 0.3) is 0 Å². The Hall–Kier alpha value is -0.0800. The van der Waals surface area contributed by atoms with E-state index in [0.717, 1.165) is 19.0 Å². The van der Waals surface area contributed by atoms with Crippen LogP contribution in [0.1, 0.15) is 19.3 Å². The van der Waals surface area contributed by atoms with Gasteiger partial charge in [0.1, 0.15) is 0 Å². The lowest BCUT2D eigenvalue weighted by Crippen LogP contribution is -2.26. The third-order valence-electron chi connectivity index (χ3n) is 2.61. The summed E-state index contributed by atoms with van der Waals surface area (Å²) in [6.45, 7) is 1.05. The smallest absolute Gasteiger partial charge is 0.0581 e. The van der Waals surface area contributed by atoms with Crippen molar-refractivity contribution in [3.05, 3.63) is 0 Å². The Morgan fingerprint density at radius 2 is 2.22 bits per heavy atom. The lowest BCUT2D eigenvalue weighted by Gasteiger charge is -2.22. The van der Waals surface area contributed by atoms with Crippen LogP contribution in [0, 0.1) is 5.92 Å². The number of fused-ring (bicyclic) bond motifs is 2. The molecule has 3 atom stereocenters. The van der Waals surface area contributed by atoms with Crippen LogP contribution in [-0.2, 0) is 0 Å². The highest BCUT2D eigenvalue weighted by Gasteiger charge is 2.33. The van der Waals surface area contributed by atoms with Gasteiger partial charge >= 0.3 is 0 Å². The van der Waals surface area contributed by atoms with Crippen LogP contribution in [0.5, 0.6) is 0 Å². The summed E-state index contributed by atoms with van der Waals surface area (Å²) in [4.78, 5) is 0. The predicted octanol–water partition coefficient (Wildman–Crippen LogP) is 0.119. The van der Waals surface area contributed by atoms with Crippen molar-refractivity contribution in [3.63, 3.8) is 0 Å². The number of aliphatic hydroxyl groups excluding tert-OH is 1. The molecule has 0 aromatic rings. The number of hydrogen-bond donors (Lipinski definition) is 2. The maximum Gasteiger partial charge on any atom is 0.0581 e. The van der Waals surface area contributed by atoms with Crippen LogP contribution in [0.15, 0.2) is 0 Å². The Balaban J connectivity index is 2.05. The van der Waals surface area contributed by atoms with E-state index in [1.807, 2.05) is 0 Å². The third-order valence-corrected chi connectivity index (χ3v) is 2.61. The van der Waals surface area contributed by atoms with Gasteiger partial charge in [0.15, 0.2) is 0 Å². The fraction of sp³-hybridized carbons (Fsp3) is 1.00. The van der Waals surface area contributed by atoms with Gasteiger partial charge < -0.3 is 10.4 Å². The van der Waals surface area contributed by atoms with Crippen molar-refractivity contribution in [1.29, 1.82) is 0 Å². The topological polar surface area (TPSA) is 32.3 Å². The first-order valence-corrected chi connectivity index (χ1v) is 3.78. The Labute approximate surface area is 55.3 Å². The maximum absolute atomic E-state index is 9.36. The van der Waals surface area contributed by atoms with Crippen LogP contribution < -0.4 is 5.32 Å². The van der Waals surface area contributed by atoms with Gasteiger partial charge in [-0.1, -0.05) is 0 Å². The van der Waals surface area contributed by atoms with Gasteiger partial charge in [0, 0.05) is 12.6 Å². The highest BCUT2D eigenvalue weighted by atomic mass is 16.3. The summed E-state index contributed by atoms with van der Waals surface area (Å²) in [7, 11) is 0. The summed E-state index contributed by atoms with van der Waals surface area (Å²) >= 11 is 0. The van der Waals surface area contributed by atoms with E-state index in [1.54, 1.807) is 0 Å². The van der Waals surface area contributed by atoms with Gasteiger partial charge in [0.05, 0.1) is 6.10 Å². The highest BCUT2D eigenvalue weighted by molar-refractivity contribution is 4.90. The van der Waals surface area contributed by atoms with Crippen LogP contribution in [0.3, 0.4) is 0 Å². The van der Waals surface area contributed by atoms with Crippen molar-refractivity contribution in [2.75, 3.05) is 6.54 Å². The lowest BCUT2D eigenvalue weighted by atomic mass is 9.88. The van der Waals surface area contributed by atoms with E-state index in [-0.39, 0.29) is 6.10 Å². The maximum atomic E-state index is 9.36. The molecule has 0 amide bonds. The third kappa shape index (κ3) is 0.864. The van der Waals surface area contributed by atoms with Gasteiger partial charge in [-0.25, -0.2) is 0 Å². The monoisotopic (exact) mass is 127 g/mol. The quantitative estimate of drug-likeness (QED) is 0.484. The molecule has 0 unspecified atom stereocenters. The zero-order valence-electron chi connectivity index (χ0n) is 5.51. The summed E-state index contributed by atoms with van der Waals surface area (Å²) in [5, 5.41) is 12.7. The van der Waals surface area contributed by atoms with Crippen LogP contribution in [-0.4, -0.2) is 23.8 Å². The zero-order valence-corrected chi connectivity index (χ0v) is 5.51. The largest absolute Gasteiger partial charge is 0.393 e. The summed E-state index contributed by atoms with van der Waals surface area (Å²) in [5.41, 5.74) is 0. The normalized spacial score (nSPS) is 49.7. The minimum atomic E-state index is -0.00347. The minimum Gasteiger partial charge on any atom is -0.393 e. The van der Waals surface area contributed by atoms with Gasteiger partial charge in [0.2, 0.25) is 0 Å². The van der Waals surface area contributed by atoms with E-state index < -0.39 is 0 Å². The average Bonchev–Trinajstić information content (AvgIpc) is 2.25. The molecule has 1 saturated carbocycles. The first kappa shape index (κ1) is 5.69. The molecule has 2 aliphatic rings. The molecule has 1 aliphatic heterocycles. The molecule has 1 aliphatic carbocycles. The fourth-order valence-corrected chi connectivity index (χ4v) is 1.97. The van der Waals surface area contributed by atoms with Crippen molar-refractivity contribution in [1.82, 2.24) is 5.32 Å². The molecule has 2 N–H and O–H groups in total. The van der Waals surface area contributed by atoms with Crippen LogP contribution in [0.4, 0.5) is 0 Å². The Morgan fingerprint density at radius 3 is 3.00 bits per heavy atom. The second-order valence-electron chi connectivity index (χ2n) is 3.25. The molecular formula is C7H13NO.